The van der Waals surface area contributed by atoms with Crippen LogP contribution in [0.4, 0.5) is 5.69 Å². The molecule has 2 aromatic carbocycles. The molecular weight excluding hydrogens is 342 g/mol. The van der Waals surface area contributed by atoms with Crippen LogP contribution in [0.5, 0.6) is 5.75 Å². The van der Waals surface area contributed by atoms with Gasteiger partial charge in [-0.1, -0.05) is 36.4 Å². The summed E-state index contributed by atoms with van der Waals surface area (Å²) in [7, 11) is 3.57. The second kappa shape index (κ2) is 12.9. The van der Waals surface area contributed by atoms with E-state index in [1.165, 1.54) is 0 Å². The van der Waals surface area contributed by atoms with Crippen molar-refractivity contribution in [2.75, 3.05) is 59.1 Å². The Balaban J connectivity index is 1.63. The van der Waals surface area contributed by atoms with E-state index in [2.05, 4.69) is 41.7 Å². The number of rotatable bonds is 13. The van der Waals surface area contributed by atoms with Crippen LogP contribution in [0.15, 0.2) is 48.5 Å². The number of methoxy groups -OCH3 is 1. The summed E-state index contributed by atoms with van der Waals surface area (Å²) in [5.41, 5.74) is 3.40. The summed E-state index contributed by atoms with van der Waals surface area (Å²) in [6.07, 6.45) is 4.18. The van der Waals surface area contributed by atoms with Crippen LogP contribution in [-0.4, -0.2) is 53.8 Å². The average Bonchev–Trinajstić information content (AvgIpc) is 2.72. The van der Waals surface area contributed by atoms with Gasteiger partial charge in [0, 0.05) is 19.8 Å². The molecule has 0 amide bonds. The summed E-state index contributed by atoms with van der Waals surface area (Å²) in [6, 6.07) is 16.3. The minimum Gasteiger partial charge on any atom is -0.491 e. The van der Waals surface area contributed by atoms with Crippen molar-refractivity contribution in [3.05, 3.63) is 59.7 Å². The van der Waals surface area contributed by atoms with Gasteiger partial charge < -0.3 is 24.3 Å². The van der Waals surface area contributed by atoms with Crippen molar-refractivity contribution in [1.82, 2.24) is 0 Å². The second-order valence-corrected chi connectivity index (χ2v) is 5.84. The van der Waals surface area contributed by atoms with E-state index >= 15 is 0 Å². The fourth-order valence-electron chi connectivity index (χ4n) is 2.31. The van der Waals surface area contributed by atoms with E-state index in [4.69, 9.17) is 18.9 Å². The van der Waals surface area contributed by atoms with E-state index in [9.17, 15) is 0 Å². The first-order valence-corrected chi connectivity index (χ1v) is 9.15. The minimum absolute atomic E-state index is 0.519. The first-order valence-electron chi connectivity index (χ1n) is 9.15. The Morgan fingerprint density at radius 1 is 0.704 bits per heavy atom. The van der Waals surface area contributed by atoms with Gasteiger partial charge in [0.1, 0.15) is 12.4 Å². The highest BCUT2D eigenvalue weighted by Gasteiger charge is 1.96. The Morgan fingerprint density at radius 3 is 1.78 bits per heavy atom. The molecule has 0 aliphatic carbocycles. The lowest BCUT2D eigenvalue weighted by Gasteiger charge is -2.08. The Kier molecular flexibility index (Phi) is 10.0. The molecule has 5 heteroatoms. The second-order valence-electron chi connectivity index (χ2n) is 5.84. The lowest BCUT2D eigenvalue weighted by molar-refractivity contribution is 0.0180. The quantitative estimate of drug-likeness (QED) is 0.427. The molecule has 0 unspecified atom stereocenters. The Hall–Kier alpha value is -2.34. The summed E-state index contributed by atoms with van der Waals surface area (Å²) in [6.45, 7) is 3.40. The van der Waals surface area contributed by atoms with Crippen LogP contribution < -0.4 is 10.1 Å². The van der Waals surface area contributed by atoms with Crippen LogP contribution >= 0.6 is 0 Å². The molecule has 0 heterocycles. The van der Waals surface area contributed by atoms with Gasteiger partial charge in [0.25, 0.3) is 0 Å². The molecule has 2 rings (SSSR count). The highest BCUT2D eigenvalue weighted by Crippen LogP contribution is 2.15. The molecular formula is C22H29NO4. The predicted molar refractivity (Wildman–Crippen MR) is 110 cm³/mol. The highest BCUT2D eigenvalue weighted by atomic mass is 16.6. The summed E-state index contributed by atoms with van der Waals surface area (Å²) >= 11 is 0. The van der Waals surface area contributed by atoms with Gasteiger partial charge in [-0.05, 0) is 35.4 Å². The van der Waals surface area contributed by atoms with Crippen LogP contribution in [0.1, 0.15) is 11.1 Å². The fraction of sp³-hybridized carbons (Fsp3) is 0.364. The van der Waals surface area contributed by atoms with Crippen LogP contribution in [0.2, 0.25) is 0 Å². The van der Waals surface area contributed by atoms with E-state index in [-0.39, 0.29) is 0 Å². The lowest BCUT2D eigenvalue weighted by atomic mass is 10.1. The van der Waals surface area contributed by atoms with E-state index in [1.54, 1.807) is 7.11 Å². The van der Waals surface area contributed by atoms with Crippen molar-refractivity contribution in [2.24, 2.45) is 0 Å². The zero-order chi connectivity index (χ0) is 19.2. The third-order valence-corrected chi connectivity index (χ3v) is 3.85. The Bertz CT molecular complexity index is 653. The maximum atomic E-state index is 5.68. The largest absolute Gasteiger partial charge is 0.491 e. The van der Waals surface area contributed by atoms with Crippen molar-refractivity contribution in [2.45, 2.75) is 0 Å². The molecule has 0 bridgehead atoms. The van der Waals surface area contributed by atoms with Crippen LogP contribution in [0.3, 0.4) is 0 Å². The van der Waals surface area contributed by atoms with Gasteiger partial charge >= 0.3 is 0 Å². The van der Waals surface area contributed by atoms with Crippen molar-refractivity contribution in [3.63, 3.8) is 0 Å². The van der Waals surface area contributed by atoms with Gasteiger partial charge in [-0.3, -0.25) is 0 Å². The SMILES string of the molecule is CNc1ccc(/C=C/c2ccc(OCCOCCOCCOC)cc2)cc1. The standard InChI is InChI=1S/C22H29NO4/c1-23-21-9-5-19(6-10-21)3-4-20-7-11-22(12-8-20)27-18-17-26-16-15-25-14-13-24-2/h3-12,23H,13-18H2,1-2H3/b4-3+. The number of benzene rings is 2. The highest BCUT2D eigenvalue weighted by molar-refractivity contribution is 5.70. The summed E-state index contributed by atoms with van der Waals surface area (Å²) < 4.78 is 21.4. The molecule has 0 saturated heterocycles. The van der Waals surface area contributed by atoms with Gasteiger partial charge in [0.2, 0.25) is 0 Å². The third-order valence-electron chi connectivity index (χ3n) is 3.85. The topological polar surface area (TPSA) is 49.0 Å². The molecule has 0 radical (unpaired) electrons. The Morgan fingerprint density at radius 2 is 1.22 bits per heavy atom. The summed E-state index contributed by atoms with van der Waals surface area (Å²) in [4.78, 5) is 0. The van der Waals surface area contributed by atoms with Crippen LogP contribution in [0, 0.1) is 0 Å². The molecule has 0 aliphatic heterocycles. The van der Waals surface area contributed by atoms with Crippen molar-refractivity contribution >= 4 is 17.8 Å². The zero-order valence-corrected chi connectivity index (χ0v) is 16.1. The zero-order valence-electron chi connectivity index (χ0n) is 16.1. The number of nitrogens with one attached hydrogen (secondary N) is 1. The van der Waals surface area contributed by atoms with E-state index < -0.39 is 0 Å². The average molecular weight is 371 g/mol. The van der Waals surface area contributed by atoms with Crippen molar-refractivity contribution in [3.8, 4) is 5.75 Å². The third kappa shape index (κ3) is 8.73. The van der Waals surface area contributed by atoms with Crippen LogP contribution in [0.25, 0.3) is 12.2 Å². The fourth-order valence-corrected chi connectivity index (χ4v) is 2.31. The molecule has 0 aromatic heterocycles. The minimum atomic E-state index is 0.519. The molecule has 0 spiro atoms. The molecule has 1 N–H and O–H groups in total. The summed E-state index contributed by atoms with van der Waals surface area (Å²) in [5, 5.41) is 3.11. The van der Waals surface area contributed by atoms with Gasteiger partial charge in [-0.2, -0.15) is 0 Å². The molecule has 0 saturated carbocycles. The molecule has 0 aliphatic rings. The number of ether oxygens (including phenoxy) is 4. The monoisotopic (exact) mass is 371 g/mol. The molecule has 5 nitrogen and oxygen atoms in total. The van der Waals surface area contributed by atoms with E-state index in [1.807, 2.05) is 31.3 Å². The Labute approximate surface area is 161 Å². The van der Waals surface area contributed by atoms with Crippen molar-refractivity contribution < 1.29 is 18.9 Å². The number of hydrogen-bond acceptors (Lipinski definition) is 5. The van der Waals surface area contributed by atoms with Crippen LogP contribution in [-0.2, 0) is 14.2 Å². The van der Waals surface area contributed by atoms with E-state index in [0.29, 0.717) is 39.6 Å². The molecule has 0 fully saturated rings. The first kappa shape index (κ1) is 21.0. The maximum Gasteiger partial charge on any atom is 0.119 e. The maximum absolute atomic E-state index is 5.68. The number of anilines is 1. The molecule has 2 aromatic rings. The smallest absolute Gasteiger partial charge is 0.119 e. The van der Waals surface area contributed by atoms with Gasteiger partial charge in [-0.15, -0.1) is 0 Å². The van der Waals surface area contributed by atoms with Gasteiger partial charge in [0.15, 0.2) is 0 Å². The first-order chi connectivity index (χ1) is 13.3. The van der Waals surface area contributed by atoms with Crippen molar-refractivity contribution in [1.29, 1.82) is 0 Å². The van der Waals surface area contributed by atoms with E-state index in [0.717, 1.165) is 22.6 Å². The molecule has 146 valence electrons. The summed E-state index contributed by atoms with van der Waals surface area (Å²) in [5.74, 6) is 0.838. The predicted octanol–water partition coefficient (Wildman–Crippen LogP) is 3.96. The molecule has 27 heavy (non-hydrogen) atoms. The number of hydrogen-bond donors (Lipinski definition) is 1. The normalized spacial score (nSPS) is 11.0. The molecule has 0 atom stereocenters. The van der Waals surface area contributed by atoms with Gasteiger partial charge in [-0.25, -0.2) is 0 Å². The lowest BCUT2D eigenvalue weighted by Crippen LogP contribution is -2.12. The van der Waals surface area contributed by atoms with Gasteiger partial charge in [0.05, 0.1) is 33.0 Å².